The minimum Gasteiger partial charge on any atom is -0.299 e. The molecule has 0 aliphatic carbocycles. The fourth-order valence-electron chi connectivity index (χ4n) is 1.56. The summed E-state index contributed by atoms with van der Waals surface area (Å²) in [5.74, 6) is 2.88. The molecule has 0 aromatic carbocycles. The molecule has 1 aliphatic rings. The van der Waals surface area contributed by atoms with Gasteiger partial charge in [-0.05, 0) is 33.7 Å². The van der Waals surface area contributed by atoms with Gasteiger partial charge >= 0.3 is 0 Å². The van der Waals surface area contributed by atoms with E-state index in [4.69, 9.17) is 6.42 Å². The summed E-state index contributed by atoms with van der Waals surface area (Å²) in [6.07, 6.45) is 6.61. The standard InChI is InChI=1S/C10H17N/c1-5-10(4)6-7-11(8-10)9(2)3/h1,9H,6-8H2,2-4H3. The van der Waals surface area contributed by atoms with Gasteiger partial charge in [-0.15, -0.1) is 6.42 Å². The SMILES string of the molecule is C#CC1(C)CCN(C(C)C)C1. The van der Waals surface area contributed by atoms with Gasteiger partial charge in [0.05, 0.1) is 0 Å². The number of nitrogens with zero attached hydrogens (tertiary/aromatic N) is 1. The number of hydrogen-bond acceptors (Lipinski definition) is 1. The van der Waals surface area contributed by atoms with Crippen LogP contribution in [0.25, 0.3) is 0 Å². The highest BCUT2D eigenvalue weighted by Gasteiger charge is 2.32. The van der Waals surface area contributed by atoms with E-state index < -0.39 is 0 Å². The monoisotopic (exact) mass is 151 g/mol. The molecule has 1 saturated heterocycles. The number of hydrogen-bond donors (Lipinski definition) is 0. The van der Waals surface area contributed by atoms with E-state index in [2.05, 4.69) is 31.6 Å². The lowest BCUT2D eigenvalue weighted by molar-refractivity contribution is 0.256. The second-order valence-corrected chi connectivity index (χ2v) is 4.02. The summed E-state index contributed by atoms with van der Waals surface area (Å²) < 4.78 is 0. The quantitative estimate of drug-likeness (QED) is 0.516. The van der Waals surface area contributed by atoms with E-state index in [9.17, 15) is 0 Å². The summed E-state index contributed by atoms with van der Waals surface area (Å²) in [7, 11) is 0. The third kappa shape index (κ3) is 1.75. The molecule has 1 heterocycles. The van der Waals surface area contributed by atoms with E-state index in [1.807, 2.05) is 0 Å². The van der Waals surface area contributed by atoms with Gasteiger partial charge in [0.2, 0.25) is 0 Å². The smallest absolute Gasteiger partial charge is 0.0422 e. The molecule has 62 valence electrons. The first-order chi connectivity index (χ1) is 5.07. The highest BCUT2D eigenvalue weighted by molar-refractivity contribution is 5.08. The van der Waals surface area contributed by atoms with Gasteiger partial charge in [0, 0.05) is 18.0 Å². The highest BCUT2D eigenvalue weighted by Crippen LogP contribution is 2.29. The summed E-state index contributed by atoms with van der Waals surface area (Å²) in [5, 5.41) is 0. The summed E-state index contributed by atoms with van der Waals surface area (Å²) >= 11 is 0. The van der Waals surface area contributed by atoms with E-state index in [1.54, 1.807) is 0 Å². The van der Waals surface area contributed by atoms with Crippen LogP contribution in [0.5, 0.6) is 0 Å². The maximum absolute atomic E-state index is 5.45. The molecule has 0 saturated carbocycles. The largest absolute Gasteiger partial charge is 0.299 e. The first-order valence-corrected chi connectivity index (χ1v) is 4.29. The van der Waals surface area contributed by atoms with Crippen molar-refractivity contribution in [3.8, 4) is 12.3 Å². The summed E-state index contributed by atoms with van der Waals surface area (Å²) in [6, 6.07) is 0.644. The zero-order valence-corrected chi connectivity index (χ0v) is 7.72. The number of rotatable bonds is 1. The van der Waals surface area contributed by atoms with Crippen molar-refractivity contribution in [2.45, 2.75) is 33.2 Å². The molecule has 11 heavy (non-hydrogen) atoms. The van der Waals surface area contributed by atoms with Gasteiger partial charge in [0.15, 0.2) is 0 Å². The summed E-state index contributed by atoms with van der Waals surface area (Å²) in [5.41, 5.74) is 0.143. The molecule has 0 radical (unpaired) electrons. The Labute approximate surface area is 69.8 Å². The molecule has 0 amide bonds. The van der Waals surface area contributed by atoms with Crippen LogP contribution in [0.4, 0.5) is 0 Å². The molecule has 1 atom stereocenters. The Morgan fingerprint density at radius 2 is 2.18 bits per heavy atom. The number of likely N-dealkylation sites (tertiary alicyclic amines) is 1. The molecule has 0 aromatic rings. The molecular formula is C10H17N. The molecule has 1 aliphatic heterocycles. The first-order valence-electron chi connectivity index (χ1n) is 4.29. The van der Waals surface area contributed by atoms with Crippen molar-refractivity contribution in [1.29, 1.82) is 0 Å². The zero-order chi connectivity index (χ0) is 8.48. The van der Waals surface area contributed by atoms with E-state index in [0.717, 1.165) is 13.0 Å². The third-order valence-electron chi connectivity index (χ3n) is 2.58. The van der Waals surface area contributed by atoms with Crippen LogP contribution in [0.3, 0.4) is 0 Å². The minimum atomic E-state index is 0.143. The van der Waals surface area contributed by atoms with Gasteiger partial charge < -0.3 is 0 Å². The van der Waals surface area contributed by atoms with Crippen molar-refractivity contribution in [3.63, 3.8) is 0 Å². The third-order valence-corrected chi connectivity index (χ3v) is 2.58. The van der Waals surface area contributed by atoms with Crippen LogP contribution >= 0.6 is 0 Å². The van der Waals surface area contributed by atoms with Gasteiger partial charge in [-0.25, -0.2) is 0 Å². The molecule has 1 unspecified atom stereocenters. The van der Waals surface area contributed by atoms with Crippen LogP contribution in [0, 0.1) is 17.8 Å². The second kappa shape index (κ2) is 2.87. The Morgan fingerprint density at radius 1 is 1.55 bits per heavy atom. The van der Waals surface area contributed by atoms with Crippen molar-refractivity contribution in [1.82, 2.24) is 4.90 Å². The van der Waals surface area contributed by atoms with Crippen LogP contribution in [0.15, 0.2) is 0 Å². The lowest BCUT2D eigenvalue weighted by Crippen LogP contribution is -2.30. The molecule has 1 heteroatoms. The predicted octanol–water partition coefficient (Wildman–Crippen LogP) is 1.74. The second-order valence-electron chi connectivity index (χ2n) is 4.02. The van der Waals surface area contributed by atoms with Gasteiger partial charge in [-0.2, -0.15) is 0 Å². The normalized spacial score (nSPS) is 32.6. The predicted molar refractivity (Wildman–Crippen MR) is 48.3 cm³/mol. The average molecular weight is 151 g/mol. The van der Waals surface area contributed by atoms with Crippen molar-refractivity contribution in [2.24, 2.45) is 5.41 Å². The van der Waals surface area contributed by atoms with E-state index in [0.29, 0.717) is 6.04 Å². The van der Waals surface area contributed by atoms with Crippen molar-refractivity contribution < 1.29 is 0 Å². The van der Waals surface area contributed by atoms with E-state index in [1.165, 1.54) is 6.54 Å². The summed E-state index contributed by atoms with van der Waals surface area (Å²) in [4.78, 5) is 2.44. The fourth-order valence-corrected chi connectivity index (χ4v) is 1.56. The van der Waals surface area contributed by atoms with Crippen LogP contribution in [-0.2, 0) is 0 Å². The Balaban J connectivity index is 2.55. The zero-order valence-electron chi connectivity index (χ0n) is 7.72. The van der Waals surface area contributed by atoms with Crippen LogP contribution in [0.2, 0.25) is 0 Å². The van der Waals surface area contributed by atoms with Gasteiger partial charge in [0.25, 0.3) is 0 Å². The molecule has 1 rings (SSSR count). The van der Waals surface area contributed by atoms with Crippen LogP contribution in [0.1, 0.15) is 27.2 Å². The molecular weight excluding hydrogens is 134 g/mol. The van der Waals surface area contributed by atoms with Crippen LogP contribution < -0.4 is 0 Å². The molecule has 0 bridgehead atoms. The maximum atomic E-state index is 5.45. The average Bonchev–Trinajstić information content (AvgIpc) is 2.33. The molecule has 0 N–H and O–H groups in total. The first kappa shape index (κ1) is 8.62. The topological polar surface area (TPSA) is 3.24 Å². The van der Waals surface area contributed by atoms with Crippen LogP contribution in [-0.4, -0.2) is 24.0 Å². The van der Waals surface area contributed by atoms with Gasteiger partial charge in [0.1, 0.15) is 0 Å². The molecule has 1 fully saturated rings. The minimum absolute atomic E-state index is 0.143. The lowest BCUT2D eigenvalue weighted by atomic mass is 9.91. The Bertz CT molecular complexity index is 178. The summed E-state index contributed by atoms with van der Waals surface area (Å²) in [6.45, 7) is 8.86. The van der Waals surface area contributed by atoms with Gasteiger partial charge in [-0.1, -0.05) is 5.92 Å². The van der Waals surface area contributed by atoms with E-state index in [-0.39, 0.29) is 5.41 Å². The molecule has 0 aromatic heterocycles. The van der Waals surface area contributed by atoms with E-state index >= 15 is 0 Å². The van der Waals surface area contributed by atoms with Crippen molar-refractivity contribution in [3.05, 3.63) is 0 Å². The van der Waals surface area contributed by atoms with Gasteiger partial charge in [-0.3, -0.25) is 4.90 Å². The highest BCUT2D eigenvalue weighted by atomic mass is 15.2. The maximum Gasteiger partial charge on any atom is 0.0422 e. The van der Waals surface area contributed by atoms with Crippen molar-refractivity contribution in [2.75, 3.05) is 13.1 Å². The fraction of sp³-hybridized carbons (Fsp3) is 0.800. The molecule has 1 nitrogen and oxygen atoms in total. The Morgan fingerprint density at radius 3 is 2.45 bits per heavy atom. The Hall–Kier alpha value is -0.480. The Kier molecular flexibility index (Phi) is 2.25. The lowest BCUT2D eigenvalue weighted by Gasteiger charge is -2.22. The molecule has 0 spiro atoms. The van der Waals surface area contributed by atoms with Crippen molar-refractivity contribution >= 4 is 0 Å². The number of terminal acetylenes is 1.